The van der Waals surface area contributed by atoms with E-state index in [0.29, 0.717) is 5.52 Å². The van der Waals surface area contributed by atoms with Crippen molar-refractivity contribution in [2.75, 3.05) is 0 Å². The molecule has 0 aromatic carbocycles. The van der Waals surface area contributed by atoms with Gasteiger partial charge in [0.1, 0.15) is 5.52 Å². The number of aromatic nitrogens is 2. The van der Waals surface area contributed by atoms with E-state index in [1.165, 1.54) is 6.26 Å². The number of fused-ring (bicyclic) bond motifs is 1. The third kappa shape index (κ3) is 0.556. The van der Waals surface area contributed by atoms with Gasteiger partial charge in [0.05, 0.1) is 12.5 Å². The average Bonchev–Trinajstić information content (AvgIpc) is 2.36. The highest BCUT2D eigenvalue weighted by atomic mass is 16.3. The fourth-order valence-corrected chi connectivity index (χ4v) is 0.838. The highest BCUT2D eigenvalue weighted by molar-refractivity contribution is 5.75. The van der Waals surface area contributed by atoms with Gasteiger partial charge in [0.2, 0.25) is 5.55 Å². The first kappa shape index (κ1) is 5.22. The molecule has 0 radical (unpaired) electrons. The number of aromatic amines is 1. The van der Waals surface area contributed by atoms with Crippen LogP contribution in [0.4, 0.5) is 0 Å². The predicted molar refractivity (Wildman–Crippen MR) is 34.2 cm³/mol. The Morgan fingerprint density at radius 3 is 3.30 bits per heavy atom. The van der Waals surface area contributed by atoms with Crippen molar-refractivity contribution >= 4 is 10.9 Å². The Labute approximate surface area is 56.0 Å². The van der Waals surface area contributed by atoms with Crippen LogP contribution in [-0.2, 0) is 0 Å². The fourth-order valence-electron chi connectivity index (χ4n) is 0.838. The number of hydrogen-bond acceptors (Lipinski definition) is 3. The monoisotopic (exact) mass is 135 g/mol. The van der Waals surface area contributed by atoms with E-state index in [9.17, 15) is 0 Å². The maximum atomic E-state index is 7.24. The first-order chi connectivity index (χ1) is 4.88. The minimum Gasteiger partial charge on any atom is -0.445 e. The summed E-state index contributed by atoms with van der Waals surface area (Å²) in [6, 6.07) is 1.76. The second-order valence-corrected chi connectivity index (χ2v) is 1.95. The van der Waals surface area contributed by atoms with Crippen molar-refractivity contribution < 1.29 is 4.42 Å². The molecule has 0 aliphatic rings. The summed E-state index contributed by atoms with van der Waals surface area (Å²) in [4.78, 5) is 0. The van der Waals surface area contributed by atoms with Gasteiger partial charge in [0.25, 0.3) is 0 Å². The minimum absolute atomic E-state index is 0.120. The van der Waals surface area contributed by atoms with Crippen molar-refractivity contribution in [2.45, 2.75) is 0 Å². The van der Waals surface area contributed by atoms with Gasteiger partial charge in [-0.15, -0.1) is 0 Å². The molecule has 0 atom stereocenters. The van der Waals surface area contributed by atoms with Crippen molar-refractivity contribution in [2.24, 2.45) is 0 Å². The van der Waals surface area contributed by atoms with Gasteiger partial charge >= 0.3 is 0 Å². The zero-order valence-electron chi connectivity index (χ0n) is 5.09. The van der Waals surface area contributed by atoms with Gasteiger partial charge in [-0.1, -0.05) is 0 Å². The van der Waals surface area contributed by atoms with Crippen LogP contribution in [0, 0.1) is 5.41 Å². The highest BCUT2D eigenvalue weighted by Gasteiger charge is 1.95. The lowest BCUT2D eigenvalue weighted by molar-refractivity contribution is 0.494. The molecule has 0 bridgehead atoms. The van der Waals surface area contributed by atoms with Gasteiger partial charge < -0.3 is 4.42 Å². The van der Waals surface area contributed by atoms with Crippen LogP contribution in [-0.4, -0.2) is 10.2 Å². The van der Waals surface area contributed by atoms with E-state index < -0.39 is 0 Å². The van der Waals surface area contributed by atoms with Gasteiger partial charge in [-0.3, -0.25) is 10.5 Å². The fraction of sp³-hybridized carbons (Fsp3) is 0. The predicted octanol–water partition coefficient (Wildman–Crippen LogP) is 0.635. The summed E-state index contributed by atoms with van der Waals surface area (Å²) in [6.45, 7) is 0. The number of hydrogen-bond donors (Lipinski definition) is 2. The molecule has 4 heteroatoms. The topological polar surface area (TPSA) is 65.7 Å². The van der Waals surface area contributed by atoms with Crippen molar-refractivity contribution in [3.05, 3.63) is 24.1 Å². The molecule has 2 aromatic heterocycles. The number of nitrogens with zero attached hydrogens (tertiary/aromatic N) is 1. The normalized spacial score (nSPS) is 10.4. The third-order valence-corrected chi connectivity index (χ3v) is 1.33. The van der Waals surface area contributed by atoms with Crippen LogP contribution in [0.2, 0.25) is 0 Å². The van der Waals surface area contributed by atoms with Crippen molar-refractivity contribution in [1.82, 2.24) is 10.2 Å². The molecule has 0 aliphatic heterocycles. The maximum absolute atomic E-state index is 7.24. The first-order valence-electron chi connectivity index (χ1n) is 2.83. The molecule has 4 nitrogen and oxygen atoms in total. The Kier molecular flexibility index (Phi) is 0.887. The summed E-state index contributed by atoms with van der Waals surface area (Å²) in [6.07, 6.45) is 3.13. The van der Waals surface area contributed by atoms with Crippen molar-refractivity contribution in [3.8, 4) is 0 Å². The molecule has 0 aliphatic carbocycles. The van der Waals surface area contributed by atoms with E-state index in [1.807, 2.05) is 0 Å². The zero-order valence-corrected chi connectivity index (χ0v) is 5.09. The lowest BCUT2D eigenvalue weighted by atomic mass is 10.3. The standard InChI is InChI=1S/C6H5N3O/c7-6-5-4(1-2-10-6)3-8-9-5/h1-3,7H,(H,8,9). The van der Waals surface area contributed by atoms with Crippen molar-refractivity contribution in [1.29, 1.82) is 5.41 Å². The number of nitrogens with one attached hydrogen (secondary N) is 2. The molecule has 2 aromatic rings. The van der Waals surface area contributed by atoms with Crippen LogP contribution < -0.4 is 5.55 Å². The van der Waals surface area contributed by atoms with Crippen LogP contribution in [0.15, 0.2) is 22.9 Å². The second-order valence-electron chi connectivity index (χ2n) is 1.95. The molecule has 0 amide bonds. The smallest absolute Gasteiger partial charge is 0.237 e. The lowest BCUT2D eigenvalue weighted by Crippen LogP contribution is -1.97. The largest absolute Gasteiger partial charge is 0.445 e. The van der Waals surface area contributed by atoms with E-state index in [1.54, 1.807) is 12.3 Å². The maximum Gasteiger partial charge on any atom is 0.237 e. The summed E-state index contributed by atoms with van der Waals surface area (Å²) in [5, 5.41) is 14.6. The molecule has 10 heavy (non-hydrogen) atoms. The second kappa shape index (κ2) is 1.70. The summed E-state index contributed by atoms with van der Waals surface area (Å²) in [5.74, 6) is 0. The van der Waals surface area contributed by atoms with Gasteiger partial charge in [-0.05, 0) is 6.07 Å². The van der Waals surface area contributed by atoms with Crippen LogP contribution in [0.25, 0.3) is 10.9 Å². The van der Waals surface area contributed by atoms with E-state index in [-0.39, 0.29) is 5.55 Å². The van der Waals surface area contributed by atoms with E-state index in [2.05, 4.69) is 10.2 Å². The van der Waals surface area contributed by atoms with Crippen molar-refractivity contribution in [3.63, 3.8) is 0 Å². The van der Waals surface area contributed by atoms with Gasteiger partial charge in [0.15, 0.2) is 0 Å². The summed E-state index contributed by atoms with van der Waals surface area (Å²) < 4.78 is 4.79. The zero-order chi connectivity index (χ0) is 6.97. The van der Waals surface area contributed by atoms with E-state index >= 15 is 0 Å². The molecule has 0 saturated carbocycles. The Balaban J connectivity index is 3.09. The molecule has 0 spiro atoms. The average molecular weight is 135 g/mol. The Bertz CT molecular complexity index is 400. The minimum atomic E-state index is 0.120. The molecule has 2 heterocycles. The van der Waals surface area contributed by atoms with Gasteiger partial charge in [-0.25, -0.2) is 0 Å². The molecular weight excluding hydrogens is 130 g/mol. The Morgan fingerprint density at radius 2 is 2.50 bits per heavy atom. The Morgan fingerprint density at radius 1 is 1.60 bits per heavy atom. The summed E-state index contributed by atoms with van der Waals surface area (Å²) >= 11 is 0. The third-order valence-electron chi connectivity index (χ3n) is 1.33. The molecule has 0 fully saturated rings. The lowest BCUT2D eigenvalue weighted by Gasteiger charge is -1.83. The SMILES string of the molecule is N=c1occc2cn[nH]c12. The molecule has 0 unspecified atom stereocenters. The van der Waals surface area contributed by atoms with Gasteiger partial charge in [0, 0.05) is 5.39 Å². The molecule has 2 N–H and O–H groups in total. The van der Waals surface area contributed by atoms with Crippen LogP contribution >= 0.6 is 0 Å². The summed E-state index contributed by atoms with van der Waals surface area (Å²) in [7, 11) is 0. The molecule has 2 rings (SSSR count). The van der Waals surface area contributed by atoms with E-state index in [4.69, 9.17) is 9.83 Å². The molecule has 50 valence electrons. The highest BCUT2D eigenvalue weighted by Crippen LogP contribution is 2.02. The van der Waals surface area contributed by atoms with Crippen LogP contribution in [0.1, 0.15) is 0 Å². The molecular formula is C6H5N3O. The van der Waals surface area contributed by atoms with Crippen LogP contribution in [0.5, 0.6) is 0 Å². The number of H-pyrrole nitrogens is 1. The quantitative estimate of drug-likeness (QED) is 0.556. The van der Waals surface area contributed by atoms with E-state index in [0.717, 1.165) is 5.39 Å². The Hall–Kier alpha value is -1.58. The van der Waals surface area contributed by atoms with Gasteiger partial charge in [-0.2, -0.15) is 5.10 Å². The molecule has 0 saturated heterocycles. The summed E-state index contributed by atoms with van der Waals surface area (Å²) in [5.41, 5.74) is 0.762. The number of rotatable bonds is 0. The first-order valence-corrected chi connectivity index (χ1v) is 2.83. The van der Waals surface area contributed by atoms with Crippen LogP contribution in [0.3, 0.4) is 0 Å².